The lowest BCUT2D eigenvalue weighted by Gasteiger charge is -2.33. The minimum Gasteiger partial charge on any atom is -0.497 e. The van der Waals surface area contributed by atoms with Crippen molar-refractivity contribution in [1.82, 2.24) is 9.97 Å². The third kappa shape index (κ3) is 3.90. The number of amides is 1. The topological polar surface area (TPSA) is 85.4 Å². The Morgan fingerprint density at radius 1 is 1.14 bits per heavy atom. The van der Waals surface area contributed by atoms with E-state index in [1.54, 1.807) is 19.4 Å². The number of anilines is 3. The summed E-state index contributed by atoms with van der Waals surface area (Å²) in [6.07, 6.45) is 1.71. The van der Waals surface area contributed by atoms with Crippen molar-refractivity contribution in [3.63, 3.8) is 0 Å². The van der Waals surface area contributed by atoms with Crippen molar-refractivity contribution in [2.45, 2.75) is 18.9 Å². The largest absolute Gasteiger partial charge is 0.497 e. The molecule has 1 amide bonds. The minimum absolute atomic E-state index is 0.198. The lowest BCUT2D eigenvalue weighted by molar-refractivity contribution is -0.124. The first-order chi connectivity index (χ1) is 14.1. The molecule has 0 aliphatic carbocycles. The summed E-state index contributed by atoms with van der Waals surface area (Å²) in [5.74, 6) is 0.915. The SMILES string of the molecule is COc1cccc(NC(=O)C2(C)COCc3cnc(Nc4ccccc4)nc32)c1. The van der Waals surface area contributed by atoms with E-state index in [1.807, 2.05) is 55.5 Å². The highest BCUT2D eigenvalue weighted by Gasteiger charge is 2.42. The van der Waals surface area contributed by atoms with Crippen molar-refractivity contribution in [1.29, 1.82) is 0 Å². The van der Waals surface area contributed by atoms with Crippen molar-refractivity contribution in [3.8, 4) is 5.75 Å². The van der Waals surface area contributed by atoms with Crippen LogP contribution in [-0.2, 0) is 21.6 Å². The highest BCUT2D eigenvalue weighted by molar-refractivity contribution is 5.99. The molecule has 2 heterocycles. The van der Waals surface area contributed by atoms with Crippen LogP contribution in [0, 0.1) is 0 Å². The van der Waals surface area contributed by atoms with Gasteiger partial charge in [0.15, 0.2) is 0 Å². The molecule has 29 heavy (non-hydrogen) atoms. The molecule has 1 aliphatic rings. The maximum absolute atomic E-state index is 13.2. The molecule has 0 saturated carbocycles. The minimum atomic E-state index is -0.952. The molecule has 0 bridgehead atoms. The van der Waals surface area contributed by atoms with Crippen LogP contribution in [0.1, 0.15) is 18.2 Å². The molecule has 0 saturated heterocycles. The van der Waals surface area contributed by atoms with Crippen molar-refractivity contribution >= 4 is 23.2 Å². The molecule has 148 valence electrons. The number of nitrogens with zero attached hydrogens (tertiary/aromatic N) is 2. The van der Waals surface area contributed by atoms with Gasteiger partial charge in [-0.1, -0.05) is 24.3 Å². The van der Waals surface area contributed by atoms with E-state index in [9.17, 15) is 4.79 Å². The van der Waals surface area contributed by atoms with Gasteiger partial charge in [-0.25, -0.2) is 9.97 Å². The molecule has 3 aromatic rings. The summed E-state index contributed by atoms with van der Waals surface area (Å²) in [5.41, 5.74) is 2.05. The van der Waals surface area contributed by atoms with Crippen LogP contribution in [0.15, 0.2) is 60.8 Å². The fourth-order valence-electron chi connectivity index (χ4n) is 3.28. The molecule has 0 radical (unpaired) electrons. The van der Waals surface area contributed by atoms with E-state index in [0.29, 0.717) is 29.7 Å². The zero-order valence-electron chi connectivity index (χ0n) is 16.3. The summed E-state index contributed by atoms with van der Waals surface area (Å²) >= 11 is 0. The van der Waals surface area contributed by atoms with Crippen molar-refractivity contribution < 1.29 is 14.3 Å². The second-order valence-electron chi connectivity index (χ2n) is 7.07. The maximum atomic E-state index is 13.2. The molecule has 2 aromatic carbocycles. The van der Waals surface area contributed by atoms with Crippen molar-refractivity contribution in [2.24, 2.45) is 0 Å². The van der Waals surface area contributed by atoms with Crippen LogP contribution in [0.3, 0.4) is 0 Å². The van der Waals surface area contributed by atoms with Gasteiger partial charge in [0.1, 0.15) is 11.2 Å². The number of benzene rings is 2. The van der Waals surface area contributed by atoms with Gasteiger partial charge in [0, 0.05) is 29.2 Å². The first kappa shape index (κ1) is 18.9. The number of ether oxygens (including phenoxy) is 2. The first-order valence-corrected chi connectivity index (χ1v) is 9.30. The molecule has 0 spiro atoms. The third-order valence-corrected chi connectivity index (χ3v) is 4.89. The monoisotopic (exact) mass is 390 g/mol. The third-order valence-electron chi connectivity index (χ3n) is 4.89. The van der Waals surface area contributed by atoms with Gasteiger partial charge in [0.05, 0.1) is 26.0 Å². The summed E-state index contributed by atoms with van der Waals surface area (Å²) in [5, 5.41) is 6.14. The van der Waals surface area contributed by atoms with E-state index in [0.717, 1.165) is 11.3 Å². The molecule has 1 aliphatic heterocycles. The molecular formula is C22H22N4O3. The number of aromatic nitrogens is 2. The predicted octanol–water partition coefficient (Wildman–Crippen LogP) is 3.66. The maximum Gasteiger partial charge on any atom is 0.238 e. The van der Waals surface area contributed by atoms with E-state index in [2.05, 4.69) is 20.6 Å². The zero-order valence-corrected chi connectivity index (χ0v) is 16.3. The number of nitrogens with one attached hydrogen (secondary N) is 2. The van der Waals surface area contributed by atoms with Gasteiger partial charge in [-0.15, -0.1) is 0 Å². The van der Waals surface area contributed by atoms with Crippen LogP contribution >= 0.6 is 0 Å². The van der Waals surface area contributed by atoms with E-state index in [4.69, 9.17) is 9.47 Å². The fraction of sp³-hybridized carbons (Fsp3) is 0.227. The van der Waals surface area contributed by atoms with E-state index >= 15 is 0 Å². The van der Waals surface area contributed by atoms with Gasteiger partial charge in [-0.2, -0.15) is 0 Å². The molecule has 2 N–H and O–H groups in total. The standard InChI is InChI=1S/C22H22N4O3/c1-22(20(27)24-17-9-6-10-18(11-17)28-2)14-29-13-15-12-23-21(26-19(15)22)25-16-7-4-3-5-8-16/h3-12H,13-14H2,1-2H3,(H,24,27)(H,23,25,26). The Kier molecular flexibility index (Phi) is 5.14. The molecule has 1 atom stereocenters. The van der Waals surface area contributed by atoms with Gasteiger partial charge in [0.25, 0.3) is 0 Å². The number of hydrogen-bond donors (Lipinski definition) is 2. The zero-order chi connectivity index (χ0) is 20.3. The van der Waals surface area contributed by atoms with E-state index < -0.39 is 5.41 Å². The van der Waals surface area contributed by atoms with E-state index in [-0.39, 0.29) is 12.5 Å². The van der Waals surface area contributed by atoms with Crippen LogP contribution in [0.2, 0.25) is 0 Å². The van der Waals surface area contributed by atoms with Crippen LogP contribution in [0.4, 0.5) is 17.3 Å². The van der Waals surface area contributed by atoms with Gasteiger partial charge in [0.2, 0.25) is 11.9 Å². The normalized spacial score (nSPS) is 17.9. The molecule has 0 fully saturated rings. The Morgan fingerprint density at radius 3 is 2.72 bits per heavy atom. The molecule has 7 nitrogen and oxygen atoms in total. The number of fused-ring (bicyclic) bond motifs is 1. The molecular weight excluding hydrogens is 368 g/mol. The van der Waals surface area contributed by atoms with Crippen LogP contribution in [0.25, 0.3) is 0 Å². The average molecular weight is 390 g/mol. The number of carbonyl (C=O) groups is 1. The summed E-state index contributed by atoms with van der Waals surface area (Å²) < 4.78 is 10.9. The second kappa shape index (κ2) is 7.89. The lowest BCUT2D eigenvalue weighted by atomic mass is 9.82. The Hall–Kier alpha value is -3.45. The lowest BCUT2D eigenvalue weighted by Crippen LogP contribution is -2.45. The smallest absolute Gasteiger partial charge is 0.238 e. The van der Waals surface area contributed by atoms with E-state index in [1.165, 1.54) is 0 Å². The number of rotatable bonds is 5. The Morgan fingerprint density at radius 2 is 1.93 bits per heavy atom. The Balaban J connectivity index is 1.62. The van der Waals surface area contributed by atoms with Gasteiger partial charge < -0.3 is 20.1 Å². The predicted molar refractivity (Wildman–Crippen MR) is 110 cm³/mol. The molecule has 1 aromatic heterocycles. The Labute approximate surface area is 169 Å². The number of methoxy groups -OCH3 is 1. The van der Waals surface area contributed by atoms with Crippen molar-refractivity contribution in [3.05, 3.63) is 72.1 Å². The number of hydrogen-bond acceptors (Lipinski definition) is 6. The van der Waals surface area contributed by atoms with Crippen LogP contribution in [0.5, 0.6) is 5.75 Å². The number of carbonyl (C=O) groups excluding carboxylic acids is 1. The average Bonchev–Trinajstić information content (AvgIpc) is 2.75. The van der Waals surface area contributed by atoms with Crippen molar-refractivity contribution in [2.75, 3.05) is 24.4 Å². The summed E-state index contributed by atoms with van der Waals surface area (Å²) in [6, 6.07) is 16.9. The summed E-state index contributed by atoms with van der Waals surface area (Å²) in [4.78, 5) is 22.2. The molecule has 1 unspecified atom stereocenters. The number of para-hydroxylation sites is 1. The Bertz CT molecular complexity index is 1030. The summed E-state index contributed by atoms with van der Waals surface area (Å²) in [6.45, 7) is 2.44. The highest BCUT2D eigenvalue weighted by Crippen LogP contribution is 2.33. The van der Waals surface area contributed by atoms with Crippen LogP contribution in [-0.4, -0.2) is 29.6 Å². The molecule has 4 rings (SSSR count). The highest BCUT2D eigenvalue weighted by atomic mass is 16.5. The first-order valence-electron chi connectivity index (χ1n) is 9.30. The van der Waals surface area contributed by atoms with Gasteiger partial charge >= 0.3 is 0 Å². The molecule has 7 heteroatoms. The fourth-order valence-corrected chi connectivity index (χ4v) is 3.28. The van der Waals surface area contributed by atoms with Gasteiger partial charge in [-0.3, -0.25) is 4.79 Å². The second-order valence-corrected chi connectivity index (χ2v) is 7.07. The quantitative estimate of drug-likeness (QED) is 0.692. The van der Waals surface area contributed by atoms with Gasteiger partial charge in [-0.05, 0) is 31.2 Å². The van der Waals surface area contributed by atoms with Crippen LogP contribution < -0.4 is 15.4 Å². The summed E-state index contributed by atoms with van der Waals surface area (Å²) in [7, 11) is 1.59.